The van der Waals surface area contributed by atoms with E-state index >= 15 is 0 Å². The molecular weight excluding hydrogens is 328 g/mol. The average Bonchev–Trinajstić information content (AvgIpc) is 2.54. The van der Waals surface area contributed by atoms with Gasteiger partial charge in [-0.1, -0.05) is 29.8 Å². The molecule has 0 aliphatic carbocycles. The molecule has 1 heterocycles. The van der Waals surface area contributed by atoms with Gasteiger partial charge >= 0.3 is 0 Å². The fourth-order valence-corrected chi connectivity index (χ4v) is 3.49. The van der Waals surface area contributed by atoms with E-state index in [2.05, 4.69) is 88.0 Å². The van der Waals surface area contributed by atoms with Gasteiger partial charge in [-0.05, 0) is 69.5 Å². The maximum absolute atomic E-state index is 6.57. The molecule has 1 aliphatic rings. The molecule has 0 amide bonds. The molecule has 0 fully saturated rings. The summed E-state index contributed by atoms with van der Waals surface area (Å²) in [5.74, 6) is 0. The predicted octanol–water partition coefficient (Wildman–Crippen LogP) is 6.34. The molecule has 0 unspecified atom stereocenters. The van der Waals surface area contributed by atoms with Gasteiger partial charge in [0.2, 0.25) is 0 Å². The zero-order valence-electron chi connectivity index (χ0n) is 15.8. The van der Waals surface area contributed by atoms with Gasteiger partial charge in [0, 0.05) is 30.1 Å². The smallest absolute Gasteiger partial charge is 0.0661 e. The number of aryl methyl sites for hydroxylation is 2. The average molecular weight is 353 g/mol. The number of allylic oxidation sites excluding steroid dienone is 1. The number of hydrogen-bond donors (Lipinski definition) is 0. The van der Waals surface area contributed by atoms with Crippen LogP contribution in [0.3, 0.4) is 0 Å². The Balaban J connectivity index is 2.04. The minimum Gasteiger partial charge on any atom is -0.365 e. The summed E-state index contributed by atoms with van der Waals surface area (Å²) in [7, 11) is 2.11. The van der Waals surface area contributed by atoms with E-state index in [4.69, 9.17) is 11.6 Å². The van der Waals surface area contributed by atoms with Gasteiger partial charge in [-0.3, -0.25) is 4.99 Å². The third-order valence-corrected chi connectivity index (χ3v) is 5.37. The number of benzene rings is 2. The van der Waals surface area contributed by atoms with Gasteiger partial charge in [0.15, 0.2) is 0 Å². The van der Waals surface area contributed by atoms with Crippen LogP contribution in [0.15, 0.2) is 41.4 Å². The zero-order chi connectivity index (χ0) is 18.4. The van der Waals surface area contributed by atoms with Crippen molar-refractivity contribution < 1.29 is 0 Å². The molecule has 0 N–H and O–H groups in total. The van der Waals surface area contributed by atoms with Crippen LogP contribution < -0.4 is 4.90 Å². The van der Waals surface area contributed by atoms with Crippen LogP contribution in [0.2, 0.25) is 5.02 Å². The van der Waals surface area contributed by atoms with E-state index in [0.717, 1.165) is 21.8 Å². The molecule has 0 atom stereocenters. The summed E-state index contributed by atoms with van der Waals surface area (Å²) in [5, 5.41) is 0.727. The maximum atomic E-state index is 6.57. The lowest BCUT2D eigenvalue weighted by Gasteiger charge is -2.40. The molecule has 2 aromatic carbocycles. The largest absolute Gasteiger partial charge is 0.365 e. The van der Waals surface area contributed by atoms with Gasteiger partial charge in [-0.2, -0.15) is 0 Å². The van der Waals surface area contributed by atoms with Crippen molar-refractivity contribution in [1.29, 1.82) is 0 Å². The van der Waals surface area contributed by atoms with Gasteiger partial charge in [0.05, 0.1) is 16.2 Å². The van der Waals surface area contributed by atoms with E-state index in [-0.39, 0.29) is 5.54 Å². The van der Waals surface area contributed by atoms with Crippen LogP contribution >= 0.6 is 11.6 Å². The second-order valence-corrected chi connectivity index (χ2v) is 7.89. The molecule has 2 aromatic rings. The summed E-state index contributed by atoms with van der Waals surface area (Å²) in [6, 6.07) is 10.5. The Labute approximate surface area is 155 Å². The van der Waals surface area contributed by atoms with Gasteiger partial charge in [-0.15, -0.1) is 0 Å². The van der Waals surface area contributed by atoms with Crippen molar-refractivity contribution in [1.82, 2.24) is 0 Å². The molecule has 0 aromatic heterocycles. The molecule has 0 saturated carbocycles. The number of nitrogens with zero attached hydrogens (tertiary/aromatic N) is 2. The third kappa shape index (κ3) is 3.36. The lowest BCUT2D eigenvalue weighted by atomic mass is 9.88. The number of fused-ring (bicyclic) bond motifs is 1. The van der Waals surface area contributed by atoms with Crippen LogP contribution in [0.1, 0.15) is 43.0 Å². The standard InChI is InChI=1S/C22H25ClN2/c1-14-7-8-15(2)20(9-14)24-13-17-10-18-16(3)12-22(4,5)25(6)21(18)11-19(17)23/h7-13H,1-6H3. The van der Waals surface area contributed by atoms with E-state index < -0.39 is 0 Å². The van der Waals surface area contributed by atoms with Crippen LogP contribution in [0.25, 0.3) is 5.57 Å². The Morgan fingerprint density at radius 2 is 1.80 bits per heavy atom. The summed E-state index contributed by atoms with van der Waals surface area (Å²) >= 11 is 6.57. The van der Waals surface area contributed by atoms with Crippen molar-refractivity contribution in [3.05, 3.63) is 63.7 Å². The van der Waals surface area contributed by atoms with Crippen molar-refractivity contribution in [3.8, 4) is 0 Å². The highest BCUT2D eigenvalue weighted by atomic mass is 35.5. The van der Waals surface area contributed by atoms with Crippen molar-refractivity contribution in [2.24, 2.45) is 4.99 Å². The number of halogens is 1. The Morgan fingerprint density at radius 1 is 1.08 bits per heavy atom. The minimum absolute atomic E-state index is 0.0192. The fourth-order valence-electron chi connectivity index (χ4n) is 3.28. The molecular formula is C22H25ClN2. The van der Waals surface area contributed by atoms with Crippen LogP contribution in [-0.4, -0.2) is 18.8 Å². The lowest BCUT2D eigenvalue weighted by molar-refractivity contribution is 0.598. The fraction of sp³-hybridized carbons (Fsp3) is 0.318. The lowest BCUT2D eigenvalue weighted by Crippen LogP contribution is -2.42. The summed E-state index contributed by atoms with van der Waals surface area (Å²) in [4.78, 5) is 6.95. The van der Waals surface area contributed by atoms with E-state index in [1.165, 1.54) is 22.4 Å². The van der Waals surface area contributed by atoms with Gasteiger partial charge < -0.3 is 4.90 Å². The van der Waals surface area contributed by atoms with Crippen molar-refractivity contribution >= 4 is 34.8 Å². The summed E-state index contributed by atoms with van der Waals surface area (Å²) < 4.78 is 0. The number of anilines is 1. The van der Waals surface area contributed by atoms with Crippen LogP contribution in [0, 0.1) is 13.8 Å². The molecule has 0 saturated heterocycles. The SMILES string of the molecule is CC1=CC(C)(C)N(C)c2cc(Cl)c(C=Nc3cc(C)ccc3C)cc21. The molecule has 0 radical (unpaired) electrons. The third-order valence-electron chi connectivity index (χ3n) is 5.04. The highest BCUT2D eigenvalue weighted by molar-refractivity contribution is 6.33. The Morgan fingerprint density at radius 3 is 2.52 bits per heavy atom. The first-order valence-electron chi connectivity index (χ1n) is 8.57. The first-order chi connectivity index (χ1) is 11.7. The Hall–Kier alpha value is -2.06. The Bertz CT molecular complexity index is 891. The molecule has 3 heteroatoms. The monoisotopic (exact) mass is 352 g/mol. The normalized spacial score (nSPS) is 16.1. The summed E-state index contributed by atoms with van der Waals surface area (Å²) in [5.41, 5.74) is 7.94. The maximum Gasteiger partial charge on any atom is 0.0661 e. The second kappa shape index (κ2) is 6.34. The summed E-state index contributed by atoms with van der Waals surface area (Å²) in [6.45, 7) is 10.7. The first kappa shape index (κ1) is 17.8. The number of hydrogen-bond acceptors (Lipinski definition) is 2. The highest BCUT2D eigenvalue weighted by Gasteiger charge is 2.29. The van der Waals surface area contributed by atoms with Gasteiger partial charge in [-0.25, -0.2) is 0 Å². The van der Waals surface area contributed by atoms with E-state index in [1.807, 2.05) is 6.21 Å². The molecule has 0 bridgehead atoms. The van der Waals surface area contributed by atoms with Crippen molar-refractivity contribution in [2.45, 2.75) is 40.2 Å². The Kier molecular flexibility index (Phi) is 4.51. The van der Waals surface area contributed by atoms with E-state index in [1.54, 1.807) is 0 Å². The number of likely N-dealkylation sites (N-methyl/N-ethyl adjacent to an activating group) is 1. The summed E-state index contributed by atoms with van der Waals surface area (Å²) in [6.07, 6.45) is 4.17. The molecule has 130 valence electrons. The zero-order valence-corrected chi connectivity index (χ0v) is 16.6. The highest BCUT2D eigenvalue weighted by Crippen LogP contribution is 2.40. The number of aliphatic imine (C=N–C) groups is 1. The number of rotatable bonds is 2. The van der Waals surface area contributed by atoms with Crippen LogP contribution in [-0.2, 0) is 0 Å². The van der Waals surface area contributed by atoms with Crippen LogP contribution in [0.4, 0.5) is 11.4 Å². The van der Waals surface area contributed by atoms with Gasteiger partial charge in [0.1, 0.15) is 0 Å². The van der Waals surface area contributed by atoms with Gasteiger partial charge in [0.25, 0.3) is 0 Å². The van der Waals surface area contributed by atoms with Crippen LogP contribution in [0.5, 0.6) is 0 Å². The van der Waals surface area contributed by atoms with E-state index in [9.17, 15) is 0 Å². The molecule has 1 aliphatic heterocycles. The first-order valence-corrected chi connectivity index (χ1v) is 8.95. The molecule has 3 rings (SSSR count). The minimum atomic E-state index is -0.0192. The predicted molar refractivity (Wildman–Crippen MR) is 111 cm³/mol. The van der Waals surface area contributed by atoms with Crippen molar-refractivity contribution in [3.63, 3.8) is 0 Å². The molecule has 0 spiro atoms. The van der Waals surface area contributed by atoms with E-state index in [0.29, 0.717) is 0 Å². The van der Waals surface area contributed by atoms with Crippen molar-refractivity contribution in [2.75, 3.05) is 11.9 Å². The quantitative estimate of drug-likeness (QED) is 0.576. The topological polar surface area (TPSA) is 15.6 Å². The molecule has 25 heavy (non-hydrogen) atoms. The second-order valence-electron chi connectivity index (χ2n) is 7.48. The molecule has 2 nitrogen and oxygen atoms in total.